The van der Waals surface area contributed by atoms with Crippen LogP contribution in [-0.4, -0.2) is 34.9 Å². The minimum atomic E-state index is -0.939. The van der Waals surface area contributed by atoms with Crippen molar-refractivity contribution in [2.75, 3.05) is 12.4 Å². The van der Waals surface area contributed by atoms with Crippen molar-refractivity contribution >= 4 is 23.7 Å². The van der Waals surface area contributed by atoms with Crippen molar-refractivity contribution in [3.8, 4) is 22.7 Å². The highest BCUT2D eigenvalue weighted by atomic mass is 19.1. The number of aromatic nitrogens is 2. The molecule has 0 unspecified atom stereocenters. The first-order valence-corrected chi connectivity index (χ1v) is 10.2. The van der Waals surface area contributed by atoms with Crippen LogP contribution in [0.25, 0.3) is 16.9 Å². The van der Waals surface area contributed by atoms with Crippen molar-refractivity contribution in [1.82, 2.24) is 15.2 Å². The lowest BCUT2D eigenvalue weighted by Crippen LogP contribution is -2.32. The number of anilines is 1. The number of nitrogens with zero attached hydrogens (tertiary/aromatic N) is 3. The summed E-state index contributed by atoms with van der Waals surface area (Å²) in [6, 6.07) is 21.8. The van der Waals surface area contributed by atoms with Gasteiger partial charge in [0.1, 0.15) is 17.3 Å². The molecule has 0 spiro atoms. The summed E-state index contributed by atoms with van der Waals surface area (Å²) < 4.78 is 20.1. The molecule has 34 heavy (non-hydrogen) atoms. The highest BCUT2D eigenvalue weighted by molar-refractivity contribution is 6.39. The van der Waals surface area contributed by atoms with E-state index >= 15 is 0 Å². The Morgan fingerprint density at radius 2 is 1.68 bits per heavy atom. The summed E-state index contributed by atoms with van der Waals surface area (Å²) in [5.74, 6) is -1.55. The number of carbonyl (C=O) groups excluding carboxylic acids is 2. The second-order valence-electron chi connectivity index (χ2n) is 7.10. The van der Waals surface area contributed by atoms with Crippen LogP contribution in [0, 0.1) is 5.82 Å². The Labute approximate surface area is 194 Å². The molecule has 4 aromatic rings. The van der Waals surface area contributed by atoms with Gasteiger partial charge in [0.05, 0.1) is 19.0 Å². The molecule has 0 saturated carbocycles. The van der Waals surface area contributed by atoms with Gasteiger partial charge in [-0.25, -0.2) is 14.5 Å². The quantitative estimate of drug-likeness (QED) is 0.262. The molecule has 0 aliphatic rings. The van der Waals surface area contributed by atoms with Crippen molar-refractivity contribution in [2.45, 2.75) is 0 Å². The number of para-hydroxylation sites is 1. The first kappa shape index (κ1) is 22.4. The van der Waals surface area contributed by atoms with Gasteiger partial charge in [-0.1, -0.05) is 18.2 Å². The van der Waals surface area contributed by atoms with Gasteiger partial charge in [0, 0.05) is 23.0 Å². The van der Waals surface area contributed by atoms with Gasteiger partial charge in [0.25, 0.3) is 0 Å². The van der Waals surface area contributed by atoms with Crippen molar-refractivity contribution in [3.63, 3.8) is 0 Å². The highest BCUT2D eigenvalue weighted by Crippen LogP contribution is 2.23. The molecule has 1 heterocycles. The molecule has 1 aromatic heterocycles. The van der Waals surface area contributed by atoms with Gasteiger partial charge >= 0.3 is 11.8 Å². The number of hydrogen-bond donors (Lipinski definition) is 2. The molecule has 170 valence electrons. The minimum Gasteiger partial charge on any atom is -0.497 e. The normalized spacial score (nSPS) is 10.8. The molecule has 0 fully saturated rings. The summed E-state index contributed by atoms with van der Waals surface area (Å²) in [7, 11) is 1.53. The summed E-state index contributed by atoms with van der Waals surface area (Å²) in [5, 5.41) is 11.0. The van der Waals surface area contributed by atoms with Gasteiger partial charge < -0.3 is 10.1 Å². The molecule has 0 radical (unpaired) electrons. The van der Waals surface area contributed by atoms with Crippen molar-refractivity contribution in [3.05, 3.63) is 96.4 Å². The molecule has 9 heteroatoms. The molecule has 0 atom stereocenters. The Balaban J connectivity index is 1.50. The van der Waals surface area contributed by atoms with Crippen LogP contribution >= 0.6 is 0 Å². The average molecular weight is 457 g/mol. The van der Waals surface area contributed by atoms with E-state index < -0.39 is 11.8 Å². The van der Waals surface area contributed by atoms with E-state index in [4.69, 9.17) is 4.74 Å². The van der Waals surface area contributed by atoms with Gasteiger partial charge in [-0.2, -0.15) is 10.2 Å². The van der Waals surface area contributed by atoms with Crippen molar-refractivity contribution in [2.24, 2.45) is 5.10 Å². The first-order chi connectivity index (χ1) is 16.5. The number of halogens is 1. The van der Waals surface area contributed by atoms with Crippen LogP contribution in [-0.2, 0) is 9.59 Å². The molecule has 0 aliphatic heterocycles. The number of hydrazone groups is 1. The number of amides is 2. The molecule has 4 rings (SSSR count). The number of rotatable bonds is 6. The second kappa shape index (κ2) is 10.2. The largest absolute Gasteiger partial charge is 0.497 e. The number of benzene rings is 3. The zero-order valence-corrected chi connectivity index (χ0v) is 18.1. The lowest BCUT2D eigenvalue weighted by atomic mass is 10.1. The van der Waals surface area contributed by atoms with Crippen LogP contribution in [0.3, 0.4) is 0 Å². The Kier molecular flexibility index (Phi) is 6.73. The van der Waals surface area contributed by atoms with E-state index in [1.165, 1.54) is 25.5 Å². The molecule has 0 bridgehead atoms. The van der Waals surface area contributed by atoms with E-state index in [2.05, 4.69) is 20.9 Å². The van der Waals surface area contributed by atoms with Gasteiger partial charge in [-0.05, 0) is 60.7 Å². The summed E-state index contributed by atoms with van der Waals surface area (Å²) >= 11 is 0. The third kappa shape index (κ3) is 5.33. The molecular formula is C25H20FN5O3. The van der Waals surface area contributed by atoms with Crippen LogP contribution in [0.5, 0.6) is 5.75 Å². The van der Waals surface area contributed by atoms with Crippen LogP contribution in [0.4, 0.5) is 10.1 Å². The lowest BCUT2D eigenvalue weighted by molar-refractivity contribution is -0.136. The number of hydrogen-bond acceptors (Lipinski definition) is 5. The highest BCUT2D eigenvalue weighted by Gasteiger charge is 2.14. The summed E-state index contributed by atoms with van der Waals surface area (Å²) in [6.45, 7) is 0. The number of methoxy groups -OCH3 is 1. The molecule has 2 N–H and O–H groups in total. The maximum absolute atomic E-state index is 13.4. The standard InChI is InChI=1S/C25H20FN5O3/c1-34-22-13-11-20(12-14-22)28-24(32)25(33)29-27-15-18-16-31(21-5-3-2-4-6-21)30-23(18)17-7-9-19(26)10-8-17/h2-16H,1H3,(H,28,32)(H,29,33)/b27-15-. The van der Waals surface area contributed by atoms with E-state index in [-0.39, 0.29) is 5.82 Å². The predicted molar refractivity (Wildman–Crippen MR) is 126 cm³/mol. The Bertz CT molecular complexity index is 1320. The zero-order chi connectivity index (χ0) is 23.9. The average Bonchev–Trinajstić information content (AvgIpc) is 3.29. The summed E-state index contributed by atoms with van der Waals surface area (Å²) in [5.41, 5.74) is 5.22. The van der Waals surface area contributed by atoms with E-state index in [0.29, 0.717) is 28.3 Å². The third-order valence-corrected chi connectivity index (χ3v) is 4.80. The summed E-state index contributed by atoms with van der Waals surface area (Å²) in [6.07, 6.45) is 3.10. The number of nitrogens with one attached hydrogen (secondary N) is 2. The van der Waals surface area contributed by atoms with Gasteiger partial charge in [0.2, 0.25) is 0 Å². The fourth-order valence-corrected chi connectivity index (χ4v) is 3.10. The predicted octanol–water partition coefficient (Wildman–Crippen LogP) is 3.78. The van der Waals surface area contributed by atoms with Crippen LogP contribution < -0.4 is 15.5 Å². The Morgan fingerprint density at radius 1 is 0.971 bits per heavy atom. The van der Waals surface area contributed by atoms with E-state index in [9.17, 15) is 14.0 Å². The molecule has 2 amide bonds. The fourth-order valence-electron chi connectivity index (χ4n) is 3.10. The minimum absolute atomic E-state index is 0.364. The van der Waals surface area contributed by atoms with Crippen molar-refractivity contribution < 1.29 is 18.7 Å². The van der Waals surface area contributed by atoms with Gasteiger partial charge in [0.15, 0.2) is 0 Å². The zero-order valence-electron chi connectivity index (χ0n) is 18.1. The van der Waals surface area contributed by atoms with Gasteiger partial charge in [-0.15, -0.1) is 0 Å². The summed E-state index contributed by atoms with van der Waals surface area (Å²) in [4.78, 5) is 24.3. The number of carbonyl (C=O) groups is 2. The van der Waals surface area contributed by atoms with E-state index in [1.807, 2.05) is 30.3 Å². The third-order valence-electron chi connectivity index (χ3n) is 4.80. The topological polar surface area (TPSA) is 97.6 Å². The smallest absolute Gasteiger partial charge is 0.329 e. The maximum Gasteiger partial charge on any atom is 0.329 e. The van der Waals surface area contributed by atoms with E-state index in [1.54, 1.807) is 47.3 Å². The Morgan fingerprint density at radius 3 is 2.35 bits per heavy atom. The molecule has 0 aliphatic carbocycles. The van der Waals surface area contributed by atoms with Gasteiger partial charge in [-0.3, -0.25) is 9.59 Å². The molecule has 8 nitrogen and oxygen atoms in total. The first-order valence-electron chi connectivity index (χ1n) is 10.2. The van der Waals surface area contributed by atoms with Crippen LogP contribution in [0.2, 0.25) is 0 Å². The fraction of sp³-hybridized carbons (Fsp3) is 0.0400. The van der Waals surface area contributed by atoms with Crippen molar-refractivity contribution in [1.29, 1.82) is 0 Å². The van der Waals surface area contributed by atoms with E-state index in [0.717, 1.165) is 5.69 Å². The number of ether oxygens (including phenoxy) is 1. The molecule has 3 aromatic carbocycles. The maximum atomic E-state index is 13.4. The Hall–Kier alpha value is -4.79. The second-order valence-corrected chi connectivity index (χ2v) is 7.10. The SMILES string of the molecule is COc1ccc(NC(=O)C(=O)N/N=C\c2cn(-c3ccccc3)nc2-c2ccc(F)cc2)cc1. The van der Waals surface area contributed by atoms with Crippen LogP contribution in [0.15, 0.2) is 90.2 Å². The monoisotopic (exact) mass is 457 g/mol. The lowest BCUT2D eigenvalue weighted by Gasteiger charge is -2.05. The molecular weight excluding hydrogens is 437 g/mol. The van der Waals surface area contributed by atoms with Crippen LogP contribution in [0.1, 0.15) is 5.56 Å². The molecule has 0 saturated heterocycles.